The number of hydrogen-bond acceptors (Lipinski definition) is 1. The van der Waals surface area contributed by atoms with E-state index in [0.29, 0.717) is 0 Å². The van der Waals surface area contributed by atoms with Crippen LogP contribution in [0.4, 0.5) is 0 Å². The van der Waals surface area contributed by atoms with Gasteiger partial charge in [0.1, 0.15) is 0 Å². The van der Waals surface area contributed by atoms with Gasteiger partial charge < -0.3 is 4.90 Å². The van der Waals surface area contributed by atoms with Crippen LogP contribution in [0.15, 0.2) is 12.8 Å². The summed E-state index contributed by atoms with van der Waals surface area (Å²) in [6, 6.07) is 0. The zero-order chi connectivity index (χ0) is 13.5. The molecule has 108 valence electrons. The van der Waals surface area contributed by atoms with Crippen LogP contribution >= 0.6 is 0 Å². The molecule has 1 heteroatoms. The molecule has 0 aliphatic rings. The van der Waals surface area contributed by atoms with Crippen LogP contribution in [0.2, 0.25) is 0 Å². The van der Waals surface area contributed by atoms with Crippen molar-refractivity contribution in [2.75, 3.05) is 13.6 Å². The van der Waals surface area contributed by atoms with E-state index in [1.54, 1.807) is 0 Å². The standard InChI is InChI=1S/C17H35N/c1-4-6-7-8-9-10-11-12-13-14-15-16-17-18(3)5-2/h5H,2,4,6-17H2,1,3H3. The zero-order valence-electron chi connectivity index (χ0n) is 12.9. The zero-order valence-corrected chi connectivity index (χ0v) is 12.9. The highest BCUT2D eigenvalue weighted by molar-refractivity contribution is 4.65. The van der Waals surface area contributed by atoms with Gasteiger partial charge in [0.15, 0.2) is 0 Å². The van der Waals surface area contributed by atoms with E-state index in [2.05, 4.69) is 25.5 Å². The molecule has 0 amide bonds. The van der Waals surface area contributed by atoms with Crippen LogP contribution in [0.1, 0.15) is 84.0 Å². The molecule has 0 radical (unpaired) electrons. The summed E-state index contributed by atoms with van der Waals surface area (Å²) in [6.07, 6.45) is 19.0. The van der Waals surface area contributed by atoms with Crippen molar-refractivity contribution in [1.29, 1.82) is 0 Å². The molecule has 0 aliphatic heterocycles. The maximum atomic E-state index is 3.76. The summed E-state index contributed by atoms with van der Waals surface area (Å²) in [5.41, 5.74) is 0. The second-order valence-corrected chi connectivity index (χ2v) is 5.55. The second-order valence-electron chi connectivity index (χ2n) is 5.55. The quantitative estimate of drug-likeness (QED) is 0.356. The topological polar surface area (TPSA) is 3.24 Å². The molecule has 0 heterocycles. The Morgan fingerprint density at radius 1 is 0.722 bits per heavy atom. The number of nitrogens with zero attached hydrogens (tertiary/aromatic N) is 1. The smallest absolute Gasteiger partial charge is 0.0169 e. The monoisotopic (exact) mass is 253 g/mol. The third kappa shape index (κ3) is 13.6. The number of hydrogen-bond donors (Lipinski definition) is 0. The minimum absolute atomic E-state index is 1.17. The molecule has 0 saturated carbocycles. The predicted octanol–water partition coefficient (Wildman–Crippen LogP) is 5.76. The molecule has 0 fully saturated rings. The van der Waals surface area contributed by atoms with Gasteiger partial charge in [0.25, 0.3) is 0 Å². The van der Waals surface area contributed by atoms with Gasteiger partial charge in [-0.3, -0.25) is 0 Å². The fraction of sp³-hybridized carbons (Fsp3) is 0.882. The third-order valence-electron chi connectivity index (χ3n) is 3.68. The van der Waals surface area contributed by atoms with Crippen molar-refractivity contribution < 1.29 is 0 Å². The van der Waals surface area contributed by atoms with Gasteiger partial charge in [-0.25, -0.2) is 0 Å². The van der Waals surface area contributed by atoms with Crippen LogP contribution in [0.25, 0.3) is 0 Å². The SMILES string of the molecule is C=CN(C)CCCCCCCCCCCCCC. The van der Waals surface area contributed by atoms with E-state index in [-0.39, 0.29) is 0 Å². The molecule has 0 unspecified atom stereocenters. The maximum Gasteiger partial charge on any atom is 0.0169 e. The summed E-state index contributed by atoms with van der Waals surface area (Å²) in [5.74, 6) is 0. The minimum atomic E-state index is 1.17. The van der Waals surface area contributed by atoms with Crippen LogP contribution in [0.5, 0.6) is 0 Å². The first-order valence-corrected chi connectivity index (χ1v) is 8.14. The average Bonchev–Trinajstić information content (AvgIpc) is 2.39. The van der Waals surface area contributed by atoms with Gasteiger partial charge in [-0.05, 0) is 12.6 Å². The highest BCUT2D eigenvalue weighted by Gasteiger charge is 1.94. The van der Waals surface area contributed by atoms with Crippen molar-refractivity contribution in [3.8, 4) is 0 Å². The summed E-state index contributed by atoms with van der Waals surface area (Å²) in [4.78, 5) is 2.18. The van der Waals surface area contributed by atoms with E-state index in [4.69, 9.17) is 0 Å². The molecule has 0 N–H and O–H groups in total. The lowest BCUT2D eigenvalue weighted by molar-refractivity contribution is 0.429. The molecule has 0 aromatic carbocycles. The van der Waals surface area contributed by atoms with Crippen LogP contribution in [0.3, 0.4) is 0 Å². The first kappa shape index (κ1) is 17.5. The first-order valence-electron chi connectivity index (χ1n) is 8.14. The summed E-state index contributed by atoms with van der Waals surface area (Å²) in [7, 11) is 2.10. The number of unbranched alkanes of at least 4 members (excludes halogenated alkanes) is 11. The molecule has 0 rings (SSSR count). The second kappa shape index (κ2) is 14.6. The van der Waals surface area contributed by atoms with Crippen LogP contribution in [0, 0.1) is 0 Å². The summed E-state index contributed by atoms with van der Waals surface area (Å²) >= 11 is 0. The molecule has 0 spiro atoms. The molecule has 18 heavy (non-hydrogen) atoms. The molecule has 0 aromatic rings. The van der Waals surface area contributed by atoms with Gasteiger partial charge in [0, 0.05) is 13.6 Å². The van der Waals surface area contributed by atoms with Crippen molar-refractivity contribution in [2.45, 2.75) is 84.0 Å². The fourth-order valence-corrected chi connectivity index (χ4v) is 2.29. The summed E-state index contributed by atoms with van der Waals surface area (Å²) < 4.78 is 0. The Labute approximate surface area is 116 Å². The van der Waals surface area contributed by atoms with E-state index in [0.717, 1.165) is 0 Å². The molecule has 0 saturated heterocycles. The Bertz CT molecular complexity index is 165. The lowest BCUT2D eigenvalue weighted by Crippen LogP contribution is -2.11. The molecule has 0 bridgehead atoms. The third-order valence-corrected chi connectivity index (χ3v) is 3.68. The van der Waals surface area contributed by atoms with Gasteiger partial charge >= 0.3 is 0 Å². The first-order chi connectivity index (χ1) is 8.81. The molecule has 1 nitrogen and oxygen atoms in total. The summed E-state index contributed by atoms with van der Waals surface area (Å²) in [5, 5.41) is 0. The Hall–Kier alpha value is -0.460. The highest BCUT2D eigenvalue weighted by atomic mass is 15.1. The van der Waals surface area contributed by atoms with Crippen molar-refractivity contribution in [3.63, 3.8) is 0 Å². The van der Waals surface area contributed by atoms with E-state index in [1.807, 2.05) is 6.20 Å². The van der Waals surface area contributed by atoms with Crippen molar-refractivity contribution in [1.82, 2.24) is 4.90 Å². The van der Waals surface area contributed by atoms with Crippen LogP contribution in [-0.4, -0.2) is 18.5 Å². The fourth-order valence-electron chi connectivity index (χ4n) is 2.29. The van der Waals surface area contributed by atoms with Crippen LogP contribution in [-0.2, 0) is 0 Å². The van der Waals surface area contributed by atoms with Gasteiger partial charge in [-0.2, -0.15) is 0 Å². The largest absolute Gasteiger partial charge is 0.381 e. The Balaban J connectivity index is 2.96. The Morgan fingerprint density at radius 3 is 1.50 bits per heavy atom. The van der Waals surface area contributed by atoms with Gasteiger partial charge in [0.05, 0.1) is 0 Å². The van der Waals surface area contributed by atoms with E-state index in [1.165, 1.54) is 83.6 Å². The molecular weight excluding hydrogens is 218 g/mol. The maximum absolute atomic E-state index is 3.76. The normalized spacial score (nSPS) is 10.6. The molecular formula is C17H35N. The van der Waals surface area contributed by atoms with Crippen molar-refractivity contribution in [2.24, 2.45) is 0 Å². The predicted molar refractivity (Wildman–Crippen MR) is 83.9 cm³/mol. The molecule has 0 aromatic heterocycles. The summed E-state index contributed by atoms with van der Waals surface area (Å²) in [6.45, 7) is 7.21. The van der Waals surface area contributed by atoms with Gasteiger partial charge in [0.2, 0.25) is 0 Å². The average molecular weight is 253 g/mol. The van der Waals surface area contributed by atoms with Gasteiger partial charge in [-0.15, -0.1) is 0 Å². The van der Waals surface area contributed by atoms with Crippen molar-refractivity contribution >= 4 is 0 Å². The molecule has 0 aliphatic carbocycles. The van der Waals surface area contributed by atoms with E-state index < -0.39 is 0 Å². The van der Waals surface area contributed by atoms with E-state index in [9.17, 15) is 0 Å². The lowest BCUT2D eigenvalue weighted by atomic mass is 10.1. The highest BCUT2D eigenvalue weighted by Crippen LogP contribution is 2.11. The van der Waals surface area contributed by atoms with Crippen LogP contribution < -0.4 is 0 Å². The van der Waals surface area contributed by atoms with Gasteiger partial charge in [-0.1, -0.05) is 84.1 Å². The number of rotatable bonds is 14. The van der Waals surface area contributed by atoms with Crippen molar-refractivity contribution in [3.05, 3.63) is 12.8 Å². The minimum Gasteiger partial charge on any atom is -0.381 e. The Morgan fingerprint density at radius 2 is 1.11 bits per heavy atom. The Kier molecular flexibility index (Phi) is 14.2. The molecule has 0 atom stereocenters. The lowest BCUT2D eigenvalue weighted by Gasteiger charge is -2.12. The van der Waals surface area contributed by atoms with E-state index >= 15 is 0 Å².